The van der Waals surface area contributed by atoms with E-state index in [0.29, 0.717) is 5.69 Å². The average molecular weight is 294 g/mol. The predicted octanol–water partition coefficient (Wildman–Crippen LogP) is 1.43. The van der Waals surface area contributed by atoms with Gasteiger partial charge in [0.15, 0.2) is 0 Å². The maximum absolute atomic E-state index is 12.0. The van der Waals surface area contributed by atoms with Gasteiger partial charge in [0.25, 0.3) is 0 Å². The van der Waals surface area contributed by atoms with Gasteiger partial charge in [-0.1, -0.05) is 19.3 Å². The summed E-state index contributed by atoms with van der Waals surface area (Å²) >= 11 is 0. The molecule has 1 aromatic heterocycles. The Hall–Kier alpha value is -2.05. The van der Waals surface area contributed by atoms with Crippen LogP contribution < -0.4 is 10.6 Å². The van der Waals surface area contributed by atoms with Gasteiger partial charge < -0.3 is 20.7 Å². The van der Waals surface area contributed by atoms with Gasteiger partial charge >= 0.3 is 12.0 Å². The van der Waals surface area contributed by atoms with Gasteiger partial charge in [-0.3, -0.25) is 0 Å². The summed E-state index contributed by atoms with van der Waals surface area (Å²) in [5.74, 6) is -1.06. The molecule has 0 saturated heterocycles. The molecule has 4 N–H and O–H groups in total. The normalized spacial score (nSPS) is 18.7. The number of rotatable bonds is 5. The van der Waals surface area contributed by atoms with E-state index in [0.717, 1.165) is 25.7 Å². The number of carbonyl (C=O) groups is 2. The van der Waals surface area contributed by atoms with Crippen molar-refractivity contribution in [1.29, 1.82) is 0 Å². The lowest BCUT2D eigenvalue weighted by atomic mass is 9.83. The molecule has 1 aromatic rings. The van der Waals surface area contributed by atoms with Crippen LogP contribution in [0.2, 0.25) is 0 Å². The summed E-state index contributed by atoms with van der Waals surface area (Å²) in [5, 5.41) is 14.7. The van der Waals surface area contributed by atoms with Crippen LogP contribution in [0.5, 0.6) is 0 Å². The van der Waals surface area contributed by atoms with Gasteiger partial charge in [-0.25, -0.2) is 14.6 Å². The number of carbonyl (C=O) groups excluding carboxylic acids is 1. The summed E-state index contributed by atoms with van der Waals surface area (Å²) in [4.78, 5) is 30.0. The van der Waals surface area contributed by atoms with Crippen LogP contribution in [0.4, 0.5) is 4.79 Å². The highest BCUT2D eigenvalue weighted by molar-refractivity contribution is 5.83. The molecule has 116 valence electrons. The summed E-state index contributed by atoms with van der Waals surface area (Å²) in [6, 6.07) is -1.40. The molecule has 21 heavy (non-hydrogen) atoms. The Balaban J connectivity index is 1.90. The van der Waals surface area contributed by atoms with Gasteiger partial charge in [0.2, 0.25) is 0 Å². The van der Waals surface area contributed by atoms with E-state index in [-0.39, 0.29) is 12.0 Å². The van der Waals surface area contributed by atoms with Crippen LogP contribution in [-0.4, -0.2) is 38.7 Å². The third-order valence-corrected chi connectivity index (χ3v) is 3.95. The van der Waals surface area contributed by atoms with E-state index in [4.69, 9.17) is 0 Å². The largest absolute Gasteiger partial charge is 0.480 e. The third kappa shape index (κ3) is 4.47. The number of hydrogen-bond acceptors (Lipinski definition) is 3. The lowest BCUT2D eigenvalue weighted by Crippen LogP contribution is -2.55. The van der Waals surface area contributed by atoms with Crippen LogP contribution in [0.25, 0.3) is 0 Å². The minimum absolute atomic E-state index is 0.180. The highest BCUT2D eigenvalue weighted by Gasteiger charge is 2.30. The van der Waals surface area contributed by atoms with Crippen molar-refractivity contribution < 1.29 is 14.7 Å². The van der Waals surface area contributed by atoms with Crippen molar-refractivity contribution in [3.05, 3.63) is 18.2 Å². The first-order valence-corrected chi connectivity index (χ1v) is 7.27. The van der Waals surface area contributed by atoms with E-state index in [1.807, 2.05) is 6.92 Å². The first-order valence-electron chi connectivity index (χ1n) is 7.27. The summed E-state index contributed by atoms with van der Waals surface area (Å²) in [7, 11) is 0. The Morgan fingerprint density at radius 3 is 2.71 bits per heavy atom. The third-order valence-electron chi connectivity index (χ3n) is 3.95. The van der Waals surface area contributed by atoms with Crippen LogP contribution in [0.15, 0.2) is 12.5 Å². The molecule has 0 radical (unpaired) electrons. The quantitative estimate of drug-likeness (QED) is 0.659. The number of amides is 2. The number of imidazole rings is 1. The molecule has 7 heteroatoms. The molecule has 0 bridgehead atoms. The number of urea groups is 1. The van der Waals surface area contributed by atoms with E-state index in [1.54, 1.807) is 6.20 Å². The van der Waals surface area contributed by atoms with Gasteiger partial charge in [-0.15, -0.1) is 0 Å². The van der Waals surface area contributed by atoms with E-state index >= 15 is 0 Å². The summed E-state index contributed by atoms with van der Waals surface area (Å²) in [6.07, 6.45) is 8.45. The maximum atomic E-state index is 12.0. The second-order valence-electron chi connectivity index (χ2n) is 5.89. The Kier molecular flexibility index (Phi) is 4.82. The summed E-state index contributed by atoms with van der Waals surface area (Å²) in [6.45, 7) is 2.01. The van der Waals surface area contributed by atoms with Crippen LogP contribution in [0.1, 0.15) is 44.7 Å². The maximum Gasteiger partial charge on any atom is 0.326 e. The highest BCUT2D eigenvalue weighted by atomic mass is 16.4. The number of nitrogens with zero attached hydrogens (tertiary/aromatic N) is 1. The molecule has 1 unspecified atom stereocenters. The van der Waals surface area contributed by atoms with Crippen molar-refractivity contribution in [2.75, 3.05) is 0 Å². The fourth-order valence-electron chi connectivity index (χ4n) is 2.74. The summed E-state index contributed by atoms with van der Waals surface area (Å²) < 4.78 is 0. The zero-order chi connectivity index (χ0) is 15.3. The van der Waals surface area contributed by atoms with Crippen molar-refractivity contribution in [3.63, 3.8) is 0 Å². The van der Waals surface area contributed by atoms with Crippen LogP contribution in [0.3, 0.4) is 0 Å². The minimum Gasteiger partial charge on any atom is -0.480 e. The number of aromatic nitrogens is 2. The number of H-pyrrole nitrogens is 1. The van der Waals surface area contributed by atoms with Gasteiger partial charge in [-0.05, 0) is 19.8 Å². The van der Waals surface area contributed by atoms with E-state index in [2.05, 4.69) is 20.6 Å². The van der Waals surface area contributed by atoms with Crippen molar-refractivity contribution >= 4 is 12.0 Å². The lowest BCUT2D eigenvalue weighted by molar-refractivity contribution is -0.139. The van der Waals surface area contributed by atoms with Gasteiger partial charge in [-0.2, -0.15) is 0 Å². The van der Waals surface area contributed by atoms with Gasteiger partial charge in [0.1, 0.15) is 6.04 Å². The number of carboxylic acid groups (broad SMARTS) is 1. The standard InChI is InChI=1S/C14H22N4O3/c1-14(5-3-2-4-6-14)18-13(21)17-11(12(19)20)7-10-8-15-9-16-10/h8-9,11H,2-7H2,1H3,(H,15,16)(H,19,20)(H2,17,18,21). The molecule has 2 rings (SSSR count). The molecule has 2 amide bonds. The number of hydrogen-bond donors (Lipinski definition) is 4. The van der Waals surface area contributed by atoms with Crippen molar-refractivity contribution in [2.45, 2.75) is 57.0 Å². The molecule has 1 heterocycles. The molecular weight excluding hydrogens is 272 g/mol. The van der Waals surface area contributed by atoms with Crippen LogP contribution in [0, 0.1) is 0 Å². The molecule has 0 spiro atoms. The van der Waals surface area contributed by atoms with Crippen molar-refractivity contribution in [2.24, 2.45) is 0 Å². The van der Waals surface area contributed by atoms with Crippen molar-refractivity contribution in [3.8, 4) is 0 Å². The summed E-state index contributed by atoms with van der Waals surface area (Å²) in [5.41, 5.74) is 0.436. The molecule has 0 aliphatic heterocycles. The first-order chi connectivity index (χ1) is 9.98. The average Bonchev–Trinajstić information content (AvgIpc) is 2.91. The molecule has 1 saturated carbocycles. The second kappa shape index (κ2) is 6.60. The Bertz CT molecular complexity index is 480. The molecule has 0 aromatic carbocycles. The Morgan fingerprint density at radius 1 is 1.43 bits per heavy atom. The second-order valence-corrected chi connectivity index (χ2v) is 5.89. The first kappa shape index (κ1) is 15.3. The highest BCUT2D eigenvalue weighted by Crippen LogP contribution is 2.27. The molecule has 1 aliphatic rings. The van der Waals surface area contributed by atoms with Gasteiger partial charge in [0.05, 0.1) is 6.33 Å². The van der Waals surface area contributed by atoms with Crippen LogP contribution in [-0.2, 0) is 11.2 Å². The smallest absolute Gasteiger partial charge is 0.326 e. The molecule has 1 aliphatic carbocycles. The number of aromatic amines is 1. The van der Waals surface area contributed by atoms with Crippen molar-refractivity contribution in [1.82, 2.24) is 20.6 Å². The molecular formula is C14H22N4O3. The van der Waals surface area contributed by atoms with Gasteiger partial charge in [0, 0.05) is 23.9 Å². The van der Waals surface area contributed by atoms with E-state index in [1.165, 1.54) is 12.7 Å². The number of aliphatic carboxylic acids is 1. The monoisotopic (exact) mass is 294 g/mol. The Labute approximate surface area is 123 Å². The minimum atomic E-state index is -1.06. The fraction of sp³-hybridized carbons (Fsp3) is 0.643. The zero-order valence-corrected chi connectivity index (χ0v) is 12.2. The lowest BCUT2D eigenvalue weighted by Gasteiger charge is -2.34. The topological polar surface area (TPSA) is 107 Å². The van der Waals surface area contributed by atoms with E-state index < -0.39 is 18.0 Å². The molecule has 1 atom stereocenters. The molecule has 7 nitrogen and oxygen atoms in total. The fourth-order valence-corrected chi connectivity index (χ4v) is 2.74. The van der Waals surface area contributed by atoms with E-state index in [9.17, 15) is 14.7 Å². The van der Waals surface area contributed by atoms with Crippen LogP contribution >= 0.6 is 0 Å². The zero-order valence-electron chi connectivity index (χ0n) is 12.2. The SMILES string of the molecule is CC1(NC(=O)NC(Cc2cnc[nH]2)C(=O)O)CCCCC1. The number of carboxylic acids is 1. The molecule has 1 fully saturated rings. The predicted molar refractivity (Wildman–Crippen MR) is 76.9 cm³/mol. The number of nitrogens with one attached hydrogen (secondary N) is 3. The Morgan fingerprint density at radius 2 is 2.14 bits per heavy atom.